The van der Waals surface area contributed by atoms with Gasteiger partial charge in [0, 0.05) is 18.4 Å². The number of Topliss-reactive ketones (excluding diaryl/α,β-unsaturated/α-hetero) is 1. The molecule has 0 amide bonds. The topological polar surface area (TPSA) is 44.8 Å². The maximum Gasteiger partial charge on any atom is 0.192 e. The Morgan fingerprint density at radius 2 is 1.86 bits per heavy atom. The summed E-state index contributed by atoms with van der Waals surface area (Å²) < 4.78 is 18.2. The molecule has 1 aliphatic heterocycles. The Bertz CT molecular complexity index is 424. The van der Waals surface area contributed by atoms with Crippen LogP contribution in [0.3, 0.4) is 0 Å². The van der Waals surface area contributed by atoms with Crippen molar-refractivity contribution >= 4 is 14.1 Å². The lowest BCUT2D eigenvalue weighted by atomic mass is 10.00. The van der Waals surface area contributed by atoms with Gasteiger partial charge in [0.1, 0.15) is 6.10 Å². The largest absolute Gasteiger partial charge is 0.414 e. The van der Waals surface area contributed by atoms with E-state index in [0.29, 0.717) is 6.42 Å². The first-order valence-corrected chi connectivity index (χ1v) is 10.8. The molecule has 0 aromatic heterocycles. The quantitative estimate of drug-likeness (QED) is 0.748. The van der Waals surface area contributed by atoms with E-state index in [2.05, 4.69) is 40.8 Å². The molecule has 0 aromatic carbocycles. The van der Waals surface area contributed by atoms with Crippen LogP contribution in [0.25, 0.3) is 0 Å². The molecule has 0 aromatic rings. The van der Waals surface area contributed by atoms with Gasteiger partial charge in [-0.15, -0.1) is 0 Å². The Hall–Kier alpha value is -0.233. The molecule has 21 heavy (non-hydrogen) atoms. The number of carbonyl (C=O) groups is 1. The van der Waals surface area contributed by atoms with E-state index in [-0.39, 0.29) is 28.9 Å². The molecule has 0 radical (unpaired) electrons. The zero-order valence-electron chi connectivity index (χ0n) is 14.6. The average Bonchev–Trinajstić information content (AvgIpc) is 2.72. The second-order valence-corrected chi connectivity index (χ2v) is 13.2. The van der Waals surface area contributed by atoms with Crippen LogP contribution in [-0.4, -0.2) is 38.2 Å². The van der Waals surface area contributed by atoms with Crippen LogP contribution in [0.5, 0.6) is 0 Å². The summed E-state index contributed by atoms with van der Waals surface area (Å²) in [7, 11) is -1.84. The molecular weight excluding hydrogens is 284 g/mol. The van der Waals surface area contributed by atoms with Crippen LogP contribution in [0, 0.1) is 5.92 Å². The maximum atomic E-state index is 12.2. The van der Waals surface area contributed by atoms with Crippen molar-refractivity contribution in [3.05, 3.63) is 0 Å². The first-order chi connectivity index (χ1) is 9.34. The van der Waals surface area contributed by atoms with E-state index in [1.54, 1.807) is 0 Å². The molecule has 4 atom stereocenters. The SMILES string of the molecule is C[C@@H](O[Si](C)(C)C(C)(C)C)[C@H]1CC(=O)[C@@H]2OC(C)(C)O[C@H]12. The molecule has 0 bridgehead atoms. The van der Waals surface area contributed by atoms with Crippen LogP contribution < -0.4 is 0 Å². The van der Waals surface area contributed by atoms with Gasteiger partial charge in [0.25, 0.3) is 0 Å². The van der Waals surface area contributed by atoms with E-state index in [1.165, 1.54) is 0 Å². The predicted octanol–water partition coefficient (Wildman–Crippen LogP) is 3.51. The van der Waals surface area contributed by atoms with Crippen LogP contribution in [0.4, 0.5) is 0 Å². The Labute approximate surface area is 129 Å². The van der Waals surface area contributed by atoms with E-state index in [1.807, 2.05) is 13.8 Å². The molecule has 0 N–H and O–H groups in total. The molecule has 1 saturated carbocycles. The second-order valence-electron chi connectivity index (χ2n) is 8.44. The molecule has 1 heterocycles. The maximum absolute atomic E-state index is 12.2. The Kier molecular flexibility index (Phi) is 4.20. The monoisotopic (exact) mass is 314 g/mol. The standard InChI is InChI=1S/C16H30O4Si/c1-10(20-21(7,8)15(2,3)4)11-9-12(17)14-13(11)18-16(5,6)19-14/h10-11,13-14H,9H2,1-8H3/t10-,11-,13-,14+/m1/s1. The van der Waals surface area contributed by atoms with E-state index in [0.717, 1.165) is 0 Å². The molecule has 0 spiro atoms. The summed E-state index contributed by atoms with van der Waals surface area (Å²) in [5, 5.41) is 0.162. The van der Waals surface area contributed by atoms with Gasteiger partial charge in [0.15, 0.2) is 19.9 Å². The summed E-state index contributed by atoms with van der Waals surface area (Å²) in [6.45, 7) is 17.0. The van der Waals surface area contributed by atoms with E-state index in [9.17, 15) is 4.79 Å². The molecular formula is C16H30O4Si. The Balaban J connectivity index is 2.10. The molecule has 2 fully saturated rings. The first-order valence-electron chi connectivity index (χ1n) is 7.90. The average molecular weight is 314 g/mol. The Morgan fingerprint density at radius 1 is 1.29 bits per heavy atom. The second kappa shape index (κ2) is 5.15. The fourth-order valence-corrected chi connectivity index (χ4v) is 4.44. The molecule has 1 saturated heterocycles. The molecule has 1 aliphatic carbocycles. The molecule has 4 nitrogen and oxygen atoms in total. The molecule has 2 rings (SSSR count). The van der Waals surface area contributed by atoms with Crippen LogP contribution in [0.15, 0.2) is 0 Å². The molecule has 2 aliphatic rings. The van der Waals surface area contributed by atoms with E-state index in [4.69, 9.17) is 13.9 Å². The predicted molar refractivity (Wildman–Crippen MR) is 84.7 cm³/mol. The molecule has 0 unspecified atom stereocenters. The number of fused-ring (bicyclic) bond motifs is 1. The van der Waals surface area contributed by atoms with Crippen LogP contribution in [0.2, 0.25) is 18.1 Å². The van der Waals surface area contributed by atoms with Gasteiger partial charge in [0.2, 0.25) is 0 Å². The lowest BCUT2D eigenvalue weighted by Gasteiger charge is -2.40. The van der Waals surface area contributed by atoms with Gasteiger partial charge in [-0.1, -0.05) is 20.8 Å². The third kappa shape index (κ3) is 3.26. The zero-order valence-corrected chi connectivity index (χ0v) is 15.6. The van der Waals surface area contributed by atoms with Crippen molar-refractivity contribution in [2.45, 2.75) is 90.2 Å². The highest BCUT2D eigenvalue weighted by Crippen LogP contribution is 2.44. The van der Waals surface area contributed by atoms with Gasteiger partial charge in [-0.2, -0.15) is 0 Å². The highest BCUT2D eigenvalue weighted by molar-refractivity contribution is 6.74. The highest BCUT2D eigenvalue weighted by atomic mass is 28.4. The number of hydrogen-bond donors (Lipinski definition) is 0. The summed E-state index contributed by atoms with van der Waals surface area (Å²) in [6, 6.07) is 0. The van der Waals surface area contributed by atoms with Crippen molar-refractivity contribution in [3.63, 3.8) is 0 Å². The normalized spacial score (nSPS) is 34.1. The van der Waals surface area contributed by atoms with Crippen LogP contribution in [-0.2, 0) is 18.7 Å². The number of hydrogen-bond acceptors (Lipinski definition) is 4. The van der Waals surface area contributed by atoms with Crippen LogP contribution in [0.1, 0.15) is 48.0 Å². The van der Waals surface area contributed by atoms with Crippen LogP contribution >= 0.6 is 0 Å². The van der Waals surface area contributed by atoms with Gasteiger partial charge in [-0.25, -0.2) is 0 Å². The van der Waals surface area contributed by atoms with E-state index >= 15 is 0 Å². The van der Waals surface area contributed by atoms with Crippen molar-refractivity contribution < 1.29 is 18.7 Å². The van der Waals surface area contributed by atoms with Crippen molar-refractivity contribution in [1.82, 2.24) is 0 Å². The summed E-state index contributed by atoms with van der Waals surface area (Å²) in [4.78, 5) is 12.2. The lowest BCUT2D eigenvalue weighted by molar-refractivity contribution is -0.165. The minimum Gasteiger partial charge on any atom is -0.414 e. The lowest BCUT2D eigenvalue weighted by Crippen LogP contribution is -2.46. The van der Waals surface area contributed by atoms with Gasteiger partial charge in [-0.3, -0.25) is 4.79 Å². The molecule has 5 heteroatoms. The van der Waals surface area contributed by atoms with Crippen molar-refractivity contribution in [2.24, 2.45) is 5.92 Å². The van der Waals surface area contributed by atoms with Gasteiger partial charge < -0.3 is 13.9 Å². The zero-order chi connectivity index (χ0) is 16.2. The number of rotatable bonds is 3. The van der Waals surface area contributed by atoms with Crippen molar-refractivity contribution in [3.8, 4) is 0 Å². The highest BCUT2D eigenvalue weighted by Gasteiger charge is 2.56. The van der Waals surface area contributed by atoms with Crippen molar-refractivity contribution in [1.29, 1.82) is 0 Å². The van der Waals surface area contributed by atoms with E-state index < -0.39 is 20.2 Å². The number of ether oxygens (including phenoxy) is 2. The fraction of sp³-hybridized carbons (Fsp3) is 0.938. The minimum atomic E-state index is -1.84. The third-order valence-electron chi connectivity index (χ3n) is 5.19. The molecule has 122 valence electrons. The van der Waals surface area contributed by atoms with Gasteiger partial charge >= 0.3 is 0 Å². The summed E-state index contributed by atoms with van der Waals surface area (Å²) >= 11 is 0. The smallest absolute Gasteiger partial charge is 0.192 e. The number of carbonyl (C=O) groups excluding carboxylic acids is 1. The van der Waals surface area contributed by atoms with Gasteiger partial charge in [0.05, 0.1) is 6.10 Å². The van der Waals surface area contributed by atoms with Gasteiger partial charge in [-0.05, 0) is 38.9 Å². The fourth-order valence-electron chi connectivity index (χ4n) is 2.98. The summed E-state index contributed by atoms with van der Waals surface area (Å²) in [5.41, 5.74) is 0. The number of ketones is 1. The first kappa shape index (κ1) is 17.1. The van der Waals surface area contributed by atoms with Crippen molar-refractivity contribution in [2.75, 3.05) is 0 Å². The third-order valence-corrected chi connectivity index (χ3v) is 9.77. The summed E-state index contributed by atoms with van der Waals surface area (Å²) in [5.74, 6) is -0.417. The Morgan fingerprint density at radius 3 is 2.38 bits per heavy atom. The summed E-state index contributed by atoms with van der Waals surface area (Å²) in [6.07, 6.45) is -0.0497. The minimum absolute atomic E-state index is 0.0161.